The van der Waals surface area contributed by atoms with E-state index in [2.05, 4.69) is 26.2 Å². The third kappa shape index (κ3) is 4.99. The number of carbonyl (C=O) groups excluding carboxylic acids is 1. The van der Waals surface area contributed by atoms with Gasteiger partial charge in [0.15, 0.2) is 11.5 Å². The molecule has 4 rings (SSSR count). The molecular weight excluding hydrogens is 424 g/mol. The molecule has 0 spiro atoms. The van der Waals surface area contributed by atoms with Gasteiger partial charge < -0.3 is 34.2 Å². The molecule has 0 unspecified atom stereocenters. The predicted octanol–water partition coefficient (Wildman–Crippen LogP) is 2.77. The number of nitrogens with one attached hydrogen (secondary N) is 1. The minimum atomic E-state index is -0.174. The number of benzene rings is 1. The Kier molecular flexibility index (Phi) is 6.90. The van der Waals surface area contributed by atoms with E-state index in [-0.39, 0.29) is 6.03 Å². The Morgan fingerprint density at radius 2 is 1.48 bits per heavy atom. The fourth-order valence-electron chi connectivity index (χ4n) is 4.25. The van der Waals surface area contributed by atoms with Gasteiger partial charge in [-0.15, -0.1) is 0 Å². The van der Waals surface area contributed by atoms with Crippen molar-refractivity contribution in [3.63, 3.8) is 0 Å². The van der Waals surface area contributed by atoms with Crippen LogP contribution in [-0.2, 0) is 0 Å². The van der Waals surface area contributed by atoms with E-state index in [1.54, 1.807) is 38.4 Å². The minimum absolute atomic E-state index is 0.174. The molecule has 0 radical (unpaired) electrons. The van der Waals surface area contributed by atoms with Crippen molar-refractivity contribution < 1.29 is 19.0 Å². The highest BCUT2D eigenvalue weighted by atomic mass is 16.5. The summed E-state index contributed by atoms with van der Waals surface area (Å²) >= 11 is 0. The van der Waals surface area contributed by atoms with Gasteiger partial charge in [0, 0.05) is 63.2 Å². The first kappa shape index (κ1) is 22.8. The SMILES string of the molecule is COc1cc(NC(=O)N2CCN(c3nc(C)cc(N4CCCC4)n3)CC2)cc(OC)c1OC. The van der Waals surface area contributed by atoms with Crippen LogP contribution in [0, 0.1) is 6.92 Å². The first-order valence-electron chi connectivity index (χ1n) is 11.2. The molecule has 2 fully saturated rings. The second-order valence-corrected chi connectivity index (χ2v) is 8.18. The van der Waals surface area contributed by atoms with Gasteiger partial charge in [0.25, 0.3) is 0 Å². The Morgan fingerprint density at radius 3 is 2.06 bits per heavy atom. The van der Waals surface area contributed by atoms with E-state index in [0.717, 1.165) is 30.5 Å². The number of anilines is 3. The predicted molar refractivity (Wildman–Crippen MR) is 127 cm³/mol. The summed E-state index contributed by atoms with van der Waals surface area (Å²) in [4.78, 5) is 28.6. The van der Waals surface area contributed by atoms with Crippen molar-refractivity contribution in [3.05, 3.63) is 23.9 Å². The molecular formula is C23H32N6O4. The summed E-state index contributed by atoms with van der Waals surface area (Å²) < 4.78 is 16.1. The smallest absolute Gasteiger partial charge is 0.321 e. The maximum atomic E-state index is 12.9. The van der Waals surface area contributed by atoms with Gasteiger partial charge in [0.1, 0.15) is 5.82 Å². The molecule has 2 amide bonds. The van der Waals surface area contributed by atoms with Crippen molar-refractivity contribution in [1.29, 1.82) is 0 Å². The third-order valence-corrected chi connectivity index (χ3v) is 6.02. The maximum Gasteiger partial charge on any atom is 0.321 e. The van der Waals surface area contributed by atoms with Crippen LogP contribution in [0.2, 0.25) is 0 Å². The molecule has 178 valence electrons. The Hall–Kier alpha value is -3.43. The average molecular weight is 457 g/mol. The zero-order valence-electron chi connectivity index (χ0n) is 19.8. The number of rotatable bonds is 6. The van der Waals surface area contributed by atoms with Crippen LogP contribution in [0.5, 0.6) is 17.2 Å². The molecule has 10 nitrogen and oxygen atoms in total. The van der Waals surface area contributed by atoms with Crippen LogP contribution in [-0.4, -0.2) is 81.5 Å². The van der Waals surface area contributed by atoms with Crippen molar-refractivity contribution in [1.82, 2.24) is 14.9 Å². The topological polar surface area (TPSA) is 92.3 Å². The number of hydrogen-bond donors (Lipinski definition) is 1. The lowest BCUT2D eigenvalue weighted by Gasteiger charge is -2.35. The van der Waals surface area contributed by atoms with Crippen molar-refractivity contribution in [2.75, 3.05) is 75.7 Å². The zero-order valence-corrected chi connectivity index (χ0v) is 19.8. The first-order chi connectivity index (χ1) is 16.0. The zero-order chi connectivity index (χ0) is 23.4. The molecule has 33 heavy (non-hydrogen) atoms. The summed E-state index contributed by atoms with van der Waals surface area (Å²) in [6.07, 6.45) is 2.41. The van der Waals surface area contributed by atoms with Gasteiger partial charge in [-0.2, -0.15) is 4.98 Å². The van der Waals surface area contributed by atoms with E-state index in [0.29, 0.717) is 49.1 Å². The lowest BCUT2D eigenvalue weighted by molar-refractivity contribution is 0.208. The summed E-state index contributed by atoms with van der Waals surface area (Å²) in [5.41, 5.74) is 1.54. The number of methoxy groups -OCH3 is 3. The maximum absolute atomic E-state index is 12.9. The third-order valence-electron chi connectivity index (χ3n) is 6.02. The lowest BCUT2D eigenvalue weighted by Crippen LogP contribution is -2.50. The molecule has 2 saturated heterocycles. The van der Waals surface area contributed by atoms with Crippen LogP contribution in [0.25, 0.3) is 0 Å². The van der Waals surface area contributed by atoms with Gasteiger partial charge in [0.05, 0.1) is 27.0 Å². The quantitative estimate of drug-likeness (QED) is 0.710. The number of amides is 2. The molecule has 10 heteroatoms. The standard InChI is InChI=1S/C23H32N6O4/c1-16-13-20(27-7-5-6-8-27)26-22(24-16)28-9-11-29(12-10-28)23(30)25-17-14-18(31-2)21(33-4)19(15-17)32-3/h13-15H,5-12H2,1-4H3,(H,25,30). The highest BCUT2D eigenvalue weighted by Crippen LogP contribution is 2.40. The van der Waals surface area contributed by atoms with E-state index in [1.807, 2.05) is 6.92 Å². The molecule has 0 aliphatic carbocycles. The number of aryl methyl sites for hydroxylation is 1. The fourth-order valence-corrected chi connectivity index (χ4v) is 4.25. The summed E-state index contributed by atoms with van der Waals surface area (Å²) in [6, 6.07) is 5.31. The summed E-state index contributed by atoms with van der Waals surface area (Å²) in [6.45, 7) is 6.59. The van der Waals surface area contributed by atoms with Gasteiger partial charge in [-0.05, 0) is 19.8 Å². The number of piperazine rings is 1. The van der Waals surface area contributed by atoms with Gasteiger partial charge in [-0.25, -0.2) is 9.78 Å². The van der Waals surface area contributed by atoms with Gasteiger partial charge in [-0.1, -0.05) is 0 Å². The Balaban J connectivity index is 1.40. The molecule has 2 aliphatic heterocycles. The van der Waals surface area contributed by atoms with E-state index in [4.69, 9.17) is 19.2 Å². The Labute approximate surface area is 194 Å². The fraction of sp³-hybridized carbons (Fsp3) is 0.522. The molecule has 2 aromatic rings. The molecule has 0 atom stereocenters. The van der Waals surface area contributed by atoms with Gasteiger partial charge in [0.2, 0.25) is 11.7 Å². The minimum Gasteiger partial charge on any atom is -0.493 e. The largest absolute Gasteiger partial charge is 0.493 e. The van der Waals surface area contributed by atoms with E-state index < -0.39 is 0 Å². The van der Waals surface area contributed by atoms with Crippen LogP contribution in [0.4, 0.5) is 22.2 Å². The van der Waals surface area contributed by atoms with Crippen molar-refractivity contribution >= 4 is 23.5 Å². The normalized spacial score (nSPS) is 16.1. The number of carbonyl (C=O) groups is 1. The number of ether oxygens (including phenoxy) is 3. The number of aromatic nitrogens is 2. The molecule has 2 aliphatic rings. The van der Waals surface area contributed by atoms with E-state index in [1.165, 1.54) is 12.8 Å². The second kappa shape index (κ2) is 10.0. The van der Waals surface area contributed by atoms with Crippen molar-refractivity contribution in [3.8, 4) is 17.2 Å². The molecule has 0 saturated carbocycles. The highest BCUT2D eigenvalue weighted by Gasteiger charge is 2.25. The first-order valence-corrected chi connectivity index (χ1v) is 11.2. The lowest BCUT2D eigenvalue weighted by atomic mass is 10.2. The molecule has 3 heterocycles. The summed E-state index contributed by atoms with van der Waals surface area (Å²) in [5.74, 6) is 3.20. The number of hydrogen-bond acceptors (Lipinski definition) is 8. The van der Waals surface area contributed by atoms with Crippen molar-refractivity contribution in [2.45, 2.75) is 19.8 Å². The molecule has 1 aromatic heterocycles. The molecule has 1 aromatic carbocycles. The Morgan fingerprint density at radius 1 is 0.848 bits per heavy atom. The van der Waals surface area contributed by atoms with Crippen LogP contribution in [0.1, 0.15) is 18.5 Å². The molecule has 1 N–H and O–H groups in total. The van der Waals surface area contributed by atoms with E-state index >= 15 is 0 Å². The van der Waals surface area contributed by atoms with Crippen LogP contribution in [0.15, 0.2) is 18.2 Å². The molecule has 0 bridgehead atoms. The summed E-state index contributed by atoms with van der Waals surface area (Å²) in [7, 11) is 4.64. The van der Waals surface area contributed by atoms with Crippen molar-refractivity contribution in [2.24, 2.45) is 0 Å². The monoisotopic (exact) mass is 456 g/mol. The Bertz CT molecular complexity index is 962. The van der Waals surface area contributed by atoms with Gasteiger partial charge in [-0.3, -0.25) is 0 Å². The van der Waals surface area contributed by atoms with Gasteiger partial charge >= 0.3 is 6.03 Å². The van der Waals surface area contributed by atoms with E-state index in [9.17, 15) is 4.79 Å². The summed E-state index contributed by atoms with van der Waals surface area (Å²) in [5, 5.41) is 2.94. The van der Waals surface area contributed by atoms with Crippen LogP contribution >= 0.6 is 0 Å². The van der Waals surface area contributed by atoms with Crippen LogP contribution in [0.3, 0.4) is 0 Å². The van der Waals surface area contributed by atoms with Crippen LogP contribution < -0.4 is 29.3 Å². The highest BCUT2D eigenvalue weighted by molar-refractivity contribution is 5.90. The number of urea groups is 1. The second-order valence-electron chi connectivity index (χ2n) is 8.18. The number of nitrogens with zero attached hydrogens (tertiary/aromatic N) is 5. The average Bonchev–Trinajstić information content (AvgIpc) is 3.38.